The van der Waals surface area contributed by atoms with Crippen LogP contribution in [-0.2, 0) is 14.8 Å². The molecule has 17 heteroatoms. The zero-order valence-corrected chi connectivity index (χ0v) is 38.1. The molecule has 3 aromatic carbocycles. The number of fused-ring (bicyclic) bond motifs is 2. The van der Waals surface area contributed by atoms with Gasteiger partial charge in [0.05, 0.1) is 40.9 Å². The number of amides is 1. The molecule has 4 aliphatic rings. The van der Waals surface area contributed by atoms with Crippen LogP contribution in [0.4, 0.5) is 11.4 Å². The summed E-state index contributed by atoms with van der Waals surface area (Å²) < 4.78 is 43.3. The highest BCUT2D eigenvalue weighted by Crippen LogP contribution is 2.43. The van der Waals surface area contributed by atoms with Gasteiger partial charge in [-0.1, -0.05) is 43.2 Å². The highest BCUT2D eigenvalue weighted by Gasteiger charge is 2.32. The van der Waals surface area contributed by atoms with E-state index >= 15 is 0 Å². The number of piperazine rings is 1. The number of piperidine rings is 1. The molecule has 65 heavy (non-hydrogen) atoms. The zero-order chi connectivity index (χ0) is 44.9. The number of hydrogen-bond donors (Lipinski definition) is 2. The summed E-state index contributed by atoms with van der Waals surface area (Å²) in [5.41, 5.74) is 7.57. The van der Waals surface area contributed by atoms with Crippen LogP contribution in [0.15, 0.2) is 101 Å². The Kier molecular flexibility index (Phi) is 11.7. The lowest BCUT2D eigenvalue weighted by atomic mass is 9.72. The first-order valence-electron chi connectivity index (χ1n) is 22.3. The van der Waals surface area contributed by atoms with Crippen LogP contribution in [-0.4, -0.2) is 115 Å². The van der Waals surface area contributed by atoms with Crippen LogP contribution < -0.4 is 14.4 Å². The van der Waals surface area contributed by atoms with Crippen LogP contribution in [0.3, 0.4) is 0 Å². The van der Waals surface area contributed by atoms with Gasteiger partial charge < -0.3 is 14.4 Å². The first kappa shape index (κ1) is 43.3. The highest BCUT2D eigenvalue weighted by atomic mass is 35.5. The minimum Gasteiger partial charge on any atom is -0.488 e. The summed E-state index contributed by atoms with van der Waals surface area (Å²) in [6.45, 7) is 12.0. The van der Waals surface area contributed by atoms with Crippen molar-refractivity contribution in [1.29, 1.82) is 0 Å². The van der Waals surface area contributed by atoms with Crippen molar-refractivity contribution in [2.45, 2.75) is 63.0 Å². The Hall–Kier alpha value is -5.65. The Bertz CT molecular complexity index is 2910. The first-order valence-corrected chi connectivity index (χ1v) is 24.2. The third kappa shape index (κ3) is 9.02. The van der Waals surface area contributed by atoms with Crippen LogP contribution in [0.25, 0.3) is 33.3 Å². The summed E-state index contributed by atoms with van der Waals surface area (Å²) in [7, 11) is -4.47. The van der Waals surface area contributed by atoms with E-state index in [1.165, 1.54) is 28.8 Å². The number of nitroso groups, excluding NO2 is 1. The molecule has 3 fully saturated rings. The van der Waals surface area contributed by atoms with Gasteiger partial charge in [-0.05, 0) is 114 Å². The highest BCUT2D eigenvalue weighted by molar-refractivity contribution is 7.90. The molecule has 2 N–H and O–H groups in total. The van der Waals surface area contributed by atoms with Gasteiger partial charge in [-0.15, -0.1) is 4.91 Å². The van der Waals surface area contributed by atoms with Gasteiger partial charge in [0.25, 0.3) is 15.9 Å². The molecule has 3 aliphatic heterocycles. The topological polar surface area (TPSA) is 167 Å². The number of carbonyl (C=O) groups is 1. The molecular weight excluding hydrogens is 866 g/mol. The number of sulfonamides is 1. The predicted octanol–water partition coefficient (Wildman–Crippen LogP) is 8.10. The SMILES string of the molecule is CC1(C)CCC(CN2CCN(c3ccc(C(=O)NS(=O)(=O)c4ccc(OC5CCN(C6COC6)CC5)c(N=O)c4)c(-n4[nH]cc5nc6nccc6cc54)c3)CC2)=C(c2ccc(Cl)cc2)C1. The molecule has 10 rings (SSSR count). The molecule has 0 unspecified atom stereocenters. The number of H-pyrrole nitrogens is 1. The van der Waals surface area contributed by atoms with Gasteiger partial charge in [-0.25, -0.2) is 23.1 Å². The van der Waals surface area contributed by atoms with Crippen molar-refractivity contribution in [3.63, 3.8) is 0 Å². The molecule has 338 valence electrons. The van der Waals surface area contributed by atoms with Crippen molar-refractivity contribution in [3.05, 3.63) is 112 Å². The predicted molar refractivity (Wildman–Crippen MR) is 252 cm³/mol. The quantitative estimate of drug-likeness (QED) is 0.114. The number of halogens is 1. The van der Waals surface area contributed by atoms with E-state index in [9.17, 15) is 18.1 Å². The van der Waals surface area contributed by atoms with E-state index < -0.39 is 15.9 Å². The molecule has 3 aromatic heterocycles. The van der Waals surface area contributed by atoms with E-state index in [2.05, 4.69) is 60.7 Å². The number of nitrogens with zero attached hydrogens (tertiary/aromatic N) is 7. The van der Waals surface area contributed by atoms with Gasteiger partial charge >= 0.3 is 0 Å². The van der Waals surface area contributed by atoms with Gasteiger partial charge in [-0.3, -0.25) is 24.4 Å². The summed E-state index contributed by atoms with van der Waals surface area (Å²) in [6.07, 6.45) is 8.02. The molecule has 6 aromatic rings. The number of likely N-dealkylation sites (tertiary alicyclic amines) is 1. The van der Waals surface area contributed by atoms with Crippen LogP contribution in [0, 0.1) is 10.3 Å². The summed E-state index contributed by atoms with van der Waals surface area (Å²) in [5, 5.41) is 7.92. The minimum absolute atomic E-state index is 0.112. The van der Waals surface area contributed by atoms with Crippen molar-refractivity contribution in [2.24, 2.45) is 10.6 Å². The molecule has 0 bridgehead atoms. The van der Waals surface area contributed by atoms with Gasteiger partial charge in [0, 0.05) is 74.3 Å². The average Bonchev–Trinajstić information content (AvgIpc) is 3.93. The molecule has 1 aliphatic carbocycles. The summed E-state index contributed by atoms with van der Waals surface area (Å²) in [6, 6.07) is 21.8. The molecule has 0 radical (unpaired) electrons. The van der Waals surface area contributed by atoms with E-state index in [0.717, 1.165) is 113 Å². The third-order valence-corrected chi connectivity index (χ3v) is 15.1. The fourth-order valence-electron chi connectivity index (χ4n) is 9.65. The molecule has 0 saturated carbocycles. The lowest BCUT2D eigenvalue weighted by molar-refractivity contribution is -0.0777. The smallest absolute Gasteiger partial charge is 0.267 e. The van der Waals surface area contributed by atoms with E-state index in [4.69, 9.17) is 26.1 Å². The van der Waals surface area contributed by atoms with E-state index in [1.807, 2.05) is 36.4 Å². The standard InChI is InChI=1S/C48H52ClN9O6S/c1-48(2)15-11-33(40(26-48)31-3-5-34(49)6-4-31)28-55-19-21-57(22-20-55)35-7-9-39(43(24-35)58-44-23-32-12-16-50-46(32)52-42(44)27-51-58)47(59)54-65(61,62)38-8-10-45(41(25-38)53-60)64-37-13-17-56(18-14-37)36-29-63-30-36/h3-10,12,16,23-25,27,36-37,51H,11,13-15,17-22,26,28-30H2,1-2H3,(H,54,59). The minimum atomic E-state index is -4.47. The van der Waals surface area contributed by atoms with Crippen molar-refractivity contribution < 1.29 is 22.7 Å². The second kappa shape index (κ2) is 17.6. The Balaban J connectivity index is 0.888. The lowest BCUT2D eigenvalue weighted by Crippen LogP contribution is -2.52. The summed E-state index contributed by atoms with van der Waals surface area (Å²) >= 11 is 6.27. The van der Waals surface area contributed by atoms with E-state index in [-0.39, 0.29) is 33.4 Å². The number of aromatic amines is 1. The number of hydrogen-bond acceptors (Lipinski definition) is 12. The van der Waals surface area contributed by atoms with Crippen molar-refractivity contribution in [1.82, 2.24) is 34.3 Å². The number of rotatable bonds is 12. The fraction of sp³-hybridized carbons (Fsp3) is 0.396. The van der Waals surface area contributed by atoms with Crippen LogP contribution in [0.2, 0.25) is 5.02 Å². The van der Waals surface area contributed by atoms with Gasteiger partial charge in [0.1, 0.15) is 17.4 Å². The molecule has 3 saturated heterocycles. The monoisotopic (exact) mass is 917 g/mol. The number of pyridine rings is 1. The third-order valence-electron chi connectivity index (χ3n) is 13.5. The van der Waals surface area contributed by atoms with Crippen LogP contribution in [0.5, 0.6) is 5.75 Å². The maximum atomic E-state index is 14.3. The van der Waals surface area contributed by atoms with Crippen LogP contribution in [0.1, 0.15) is 61.9 Å². The second-order valence-corrected chi connectivity index (χ2v) is 20.6. The van der Waals surface area contributed by atoms with E-state index in [0.29, 0.717) is 28.4 Å². The molecule has 1 amide bonds. The first-order chi connectivity index (χ1) is 31.4. The maximum Gasteiger partial charge on any atom is 0.267 e. The number of nitrogens with one attached hydrogen (secondary N) is 2. The number of carbonyl (C=O) groups excluding carboxylic acids is 1. The zero-order valence-electron chi connectivity index (χ0n) is 36.5. The molecule has 0 atom stereocenters. The summed E-state index contributed by atoms with van der Waals surface area (Å²) in [5.74, 6) is -0.648. The molecule has 15 nitrogen and oxygen atoms in total. The maximum absolute atomic E-state index is 14.3. The number of ether oxygens (including phenoxy) is 2. The second-order valence-electron chi connectivity index (χ2n) is 18.5. The lowest BCUT2D eigenvalue weighted by Gasteiger charge is -2.41. The molecule has 0 spiro atoms. The van der Waals surface area contributed by atoms with Crippen molar-refractivity contribution in [2.75, 3.05) is 63.9 Å². The van der Waals surface area contributed by atoms with Gasteiger partial charge in [-0.2, -0.15) is 0 Å². The fourth-order valence-corrected chi connectivity index (χ4v) is 10.8. The van der Waals surface area contributed by atoms with Crippen molar-refractivity contribution in [3.8, 4) is 11.4 Å². The largest absolute Gasteiger partial charge is 0.488 e. The Morgan fingerprint density at radius 2 is 1.77 bits per heavy atom. The Morgan fingerprint density at radius 1 is 0.985 bits per heavy atom. The number of allylic oxidation sites excluding steroid dienone is 1. The normalized spacial score (nSPS) is 19.2. The van der Waals surface area contributed by atoms with E-state index in [1.54, 1.807) is 23.1 Å². The van der Waals surface area contributed by atoms with Gasteiger partial charge in [0.15, 0.2) is 11.3 Å². The number of aromatic nitrogens is 4. The van der Waals surface area contributed by atoms with Gasteiger partial charge in [0.2, 0.25) is 0 Å². The molecule has 6 heterocycles. The Labute approximate surface area is 382 Å². The number of benzene rings is 3. The average molecular weight is 919 g/mol. The Morgan fingerprint density at radius 3 is 2.51 bits per heavy atom. The number of anilines is 1. The van der Waals surface area contributed by atoms with Crippen LogP contribution >= 0.6 is 11.6 Å². The molecular formula is C48H52ClN9O6S. The summed E-state index contributed by atoms with van der Waals surface area (Å²) in [4.78, 5) is 42.2. The van der Waals surface area contributed by atoms with Crippen molar-refractivity contribution >= 4 is 66.5 Å².